The molecule has 15 heavy (non-hydrogen) atoms. The zero-order valence-corrected chi connectivity index (χ0v) is 11.2. The van der Waals surface area contributed by atoms with Crippen LogP contribution in [0.15, 0.2) is 0 Å². The van der Waals surface area contributed by atoms with E-state index in [0.29, 0.717) is 0 Å². The molecule has 1 fully saturated rings. The fourth-order valence-electron chi connectivity index (χ4n) is 1.45. The monoisotopic (exact) mass is 229 g/mol. The Morgan fingerprint density at radius 2 is 1.73 bits per heavy atom. The summed E-state index contributed by atoms with van der Waals surface area (Å²) >= 11 is 1.86. The van der Waals surface area contributed by atoms with Crippen molar-refractivity contribution in [2.45, 2.75) is 25.5 Å². The van der Waals surface area contributed by atoms with Crippen LogP contribution in [0, 0.1) is 5.41 Å². The van der Waals surface area contributed by atoms with Crippen molar-refractivity contribution in [2.24, 2.45) is 0 Å². The topological polar surface area (TPSA) is 30.3 Å². The van der Waals surface area contributed by atoms with E-state index in [9.17, 15) is 0 Å². The lowest BCUT2D eigenvalue weighted by atomic mass is 10.3. The summed E-state index contributed by atoms with van der Waals surface area (Å²) in [6.45, 7) is 10.8. The van der Waals surface area contributed by atoms with Crippen molar-refractivity contribution < 1.29 is 0 Å². The number of piperazine rings is 1. The average Bonchev–Trinajstić information content (AvgIpc) is 2.14. The Bertz CT molecular complexity index is 214. The smallest absolute Gasteiger partial charge is 0.106 e. The molecule has 0 aliphatic carbocycles. The first-order valence-electron chi connectivity index (χ1n) is 5.53. The van der Waals surface area contributed by atoms with Crippen molar-refractivity contribution in [1.82, 2.24) is 9.80 Å². The Hall–Kier alpha value is -0.220. The minimum atomic E-state index is 0.263. The highest BCUT2D eigenvalue weighted by molar-refractivity contribution is 8.01. The molecule has 1 rings (SSSR count). The molecule has 1 saturated heterocycles. The van der Waals surface area contributed by atoms with E-state index in [1.165, 1.54) is 0 Å². The zero-order valence-electron chi connectivity index (χ0n) is 10.3. The maximum absolute atomic E-state index is 8.02. The predicted octanol–water partition coefficient (Wildman–Crippen LogP) is 1.74. The number of rotatable bonds is 2. The van der Waals surface area contributed by atoms with Gasteiger partial charge in [0, 0.05) is 30.9 Å². The van der Waals surface area contributed by atoms with E-state index in [-0.39, 0.29) is 4.75 Å². The SMILES string of the molecule is CN1CCN(C(=N)CSC(C)(C)C)CC1. The quantitative estimate of drug-likeness (QED) is 0.578. The normalized spacial score (nSPS) is 19.3. The average molecular weight is 229 g/mol. The first-order chi connectivity index (χ1) is 6.88. The lowest BCUT2D eigenvalue weighted by molar-refractivity contribution is 0.214. The number of hydrogen-bond donors (Lipinski definition) is 1. The second-order valence-electron chi connectivity index (χ2n) is 5.14. The van der Waals surface area contributed by atoms with Crippen LogP contribution in [0.25, 0.3) is 0 Å². The molecule has 4 heteroatoms. The molecule has 0 amide bonds. The summed E-state index contributed by atoms with van der Waals surface area (Å²) in [6, 6.07) is 0. The van der Waals surface area contributed by atoms with Gasteiger partial charge in [-0.3, -0.25) is 5.41 Å². The lowest BCUT2D eigenvalue weighted by Crippen LogP contribution is -2.47. The van der Waals surface area contributed by atoms with Crippen molar-refractivity contribution in [3.63, 3.8) is 0 Å². The fourth-order valence-corrected chi connectivity index (χ4v) is 2.20. The molecule has 0 aromatic rings. The van der Waals surface area contributed by atoms with E-state index in [1.54, 1.807) is 0 Å². The molecule has 0 spiro atoms. The number of amidine groups is 1. The van der Waals surface area contributed by atoms with E-state index < -0.39 is 0 Å². The molecule has 0 unspecified atom stereocenters. The van der Waals surface area contributed by atoms with Gasteiger partial charge in [0.2, 0.25) is 0 Å². The van der Waals surface area contributed by atoms with E-state index in [2.05, 4.69) is 37.6 Å². The molecule has 0 aromatic heterocycles. The molecular weight excluding hydrogens is 206 g/mol. The standard InChI is InChI=1S/C11H23N3S/c1-11(2,3)15-9-10(12)14-7-5-13(4)6-8-14/h12H,5-9H2,1-4H3. The third-order valence-corrected chi connectivity index (χ3v) is 3.81. The van der Waals surface area contributed by atoms with Gasteiger partial charge in [-0.1, -0.05) is 20.8 Å². The van der Waals surface area contributed by atoms with Crippen LogP contribution in [-0.2, 0) is 0 Å². The van der Waals surface area contributed by atoms with Gasteiger partial charge < -0.3 is 9.80 Å². The molecule has 3 nitrogen and oxygen atoms in total. The maximum atomic E-state index is 8.02. The second-order valence-corrected chi connectivity index (χ2v) is 6.94. The highest BCUT2D eigenvalue weighted by Crippen LogP contribution is 2.23. The molecule has 88 valence electrons. The van der Waals surface area contributed by atoms with Crippen LogP contribution in [0.2, 0.25) is 0 Å². The van der Waals surface area contributed by atoms with Crippen molar-refractivity contribution >= 4 is 17.6 Å². The van der Waals surface area contributed by atoms with Crippen LogP contribution in [0.4, 0.5) is 0 Å². The van der Waals surface area contributed by atoms with Gasteiger partial charge in [-0.2, -0.15) is 0 Å². The molecule has 0 saturated carbocycles. The molecule has 0 atom stereocenters. The minimum absolute atomic E-state index is 0.263. The molecular formula is C11H23N3S. The van der Waals surface area contributed by atoms with Crippen molar-refractivity contribution in [3.05, 3.63) is 0 Å². The number of nitrogens with zero attached hydrogens (tertiary/aromatic N) is 2. The van der Waals surface area contributed by atoms with Crippen LogP contribution in [-0.4, -0.2) is 59.4 Å². The maximum Gasteiger partial charge on any atom is 0.106 e. The van der Waals surface area contributed by atoms with Gasteiger partial charge in [-0.25, -0.2) is 0 Å². The van der Waals surface area contributed by atoms with Crippen molar-refractivity contribution in [2.75, 3.05) is 39.0 Å². The van der Waals surface area contributed by atoms with Crippen LogP contribution in [0.1, 0.15) is 20.8 Å². The van der Waals surface area contributed by atoms with Gasteiger partial charge in [-0.05, 0) is 7.05 Å². The third kappa shape index (κ3) is 4.89. The zero-order chi connectivity index (χ0) is 11.5. The van der Waals surface area contributed by atoms with Gasteiger partial charge in [-0.15, -0.1) is 11.8 Å². The van der Waals surface area contributed by atoms with E-state index in [4.69, 9.17) is 5.41 Å². The van der Waals surface area contributed by atoms with Crippen molar-refractivity contribution in [1.29, 1.82) is 5.41 Å². The summed E-state index contributed by atoms with van der Waals surface area (Å²) in [7, 11) is 2.14. The van der Waals surface area contributed by atoms with E-state index in [0.717, 1.165) is 37.8 Å². The molecule has 1 N–H and O–H groups in total. The molecule has 1 aliphatic heterocycles. The Kier molecular flexibility index (Phi) is 4.46. The second kappa shape index (κ2) is 5.21. The van der Waals surface area contributed by atoms with Gasteiger partial charge in [0.1, 0.15) is 5.84 Å². The molecule has 1 aliphatic rings. The summed E-state index contributed by atoms with van der Waals surface area (Å²) < 4.78 is 0.263. The Morgan fingerprint density at radius 1 is 1.20 bits per heavy atom. The molecule has 0 aromatic carbocycles. The number of hydrogen-bond acceptors (Lipinski definition) is 3. The summed E-state index contributed by atoms with van der Waals surface area (Å²) in [6.07, 6.45) is 0. The van der Waals surface area contributed by atoms with E-state index >= 15 is 0 Å². The van der Waals surface area contributed by atoms with Gasteiger partial charge in [0.15, 0.2) is 0 Å². The third-order valence-electron chi connectivity index (χ3n) is 2.53. The van der Waals surface area contributed by atoms with Gasteiger partial charge in [0.25, 0.3) is 0 Å². The van der Waals surface area contributed by atoms with E-state index in [1.807, 2.05) is 11.8 Å². The van der Waals surface area contributed by atoms with Gasteiger partial charge >= 0.3 is 0 Å². The number of nitrogens with one attached hydrogen (secondary N) is 1. The lowest BCUT2D eigenvalue weighted by Gasteiger charge is -2.34. The van der Waals surface area contributed by atoms with Gasteiger partial charge in [0.05, 0.1) is 5.75 Å². The summed E-state index contributed by atoms with van der Waals surface area (Å²) in [5, 5.41) is 8.02. The predicted molar refractivity (Wildman–Crippen MR) is 69.0 cm³/mol. The fraction of sp³-hybridized carbons (Fsp3) is 0.909. The van der Waals surface area contributed by atoms with Crippen LogP contribution in [0.5, 0.6) is 0 Å². The summed E-state index contributed by atoms with van der Waals surface area (Å²) in [5.41, 5.74) is 0. The Morgan fingerprint density at radius 3 is 2.20 bits per heavy atom. The number of thioether (sulfide) groups is 1. The minimum Gasteiger partial charge on any atom is -0.357 e. The summed E-state index contributed by atoms with van der Waals surface area (Å²) in [4.78, 5) is 4.53. The molecule has 1 heterocycles. The summed E-state index contributed by atoms with van der Waals surface area (Å²) in [5.74, 6) is 1.63. The van der Waals surface area contributed by atoms with Crippen LogP contribution in [0.3, 0.4) is 0 Å². The van der Waals surface area contributed by atoms with Crippen LogP contribution < -0.4 is 0 Å². The van der Waals surface area contributed by atoms with Crippen molar-refractivity contribution in [3.8, 4) is 0 Å². The highest BCUT2D eigenvalue weighted by atomic mass is 32.2. The molecule has 0 radical (unpaired) electrons. The first-order valence-corrected chi connectivity index (χ1v) is 6.52. The number of likely N-dealkylation sites (N-methyl/N-ethyl adjacent to an activating group) is 1. The Balaban J connectivity index is 2.29. The largest absolute Gasteiger partial charge is 0.357 e. The first kappa shape index (κ1) is 12.8. The molecule has 0 bridgehead atoms. The highest BCUT2D eigenvalue weighted by Gasteiger charge is 2.18. The Labute approximate surface area is 97.7 Å². The van der Waals surface area contributed by atoms with Crippen LogP contribution >= 0.6 is 11.8 Å².